The zero-order valence-electron chi connectivity index (χ0n) is 17.1. The number of rotatable bonds is 4. The predicted molar refractivity (Wildman–Crippen MR) is 120 cm³/mol. The van der Waals surface area contributed by atoms with Crippen LogP contribution in [-0.4, -0.2) is 15.9 Å². The summed E-state index contributed by atoms with van der Waals surface area (Å²) in [6, 6.07) is 11.3. The minimum atomic E-state index is 0.0827. The maximum Gasteiger partial charge on any atom is 0.224 e. The topological polar surface area (TPSA) is 54.9 Å². The second-order valence-electron chi connectivity index (χ2n) is 7.27. The van der Waals surface area contributed by atoms with Crippen LogP contribution in [0.3, 0.4) is 0 Å². The van der Waals surface area contributed by atoms with Crippen molar-refractivity contribution in [3.63, 3.8) is 0 Å². The first kappa shape index (κ1) is 21.3. The minimum absolute atomic E-state index is 0.0827. The Bertz CT molecular complexity index is 929. The van der Waals surface area contributed by atoms with E-state index < -0.39 is 0 Å². The molecule has 0 bridgehead atoms. The normalized spacial score (nSPS) is 18.6. The van der Waals surface area contributed by atoms with E-state index in [2.05, 4.69) is 21.4 Å². The molecule has 1 aromatic carbocycles. The number of nitrogens with zero attached hydrogens (tertiary/aromatic N) is 2. The molecule has 0 radical (unpaired) electrons. The van der Waals surface area contributed by atoms with Gasteiger partial charge in [0.2, 0.25) is 5.91 Å². The molecule has 0 saturated heterocycles. The molecule has 29 heavy (non-hydrogen) atoms. The number of hydrogen-bond acceptors (Lipinski definition) is 3. The van der Waals surface area contributed by atoms with Gasteiger partial charge in [0.15, 0.2) is 0 Å². The van der Waals surface area contributed by atoms with Gasteiger partial charge in [-0.2, -0.15) is 0 Å². The average molecular weight is 410 g/mol. The summed E-state index contributed by atoms with van der Waals surface area (Å²) in [4.78, 5) is 21.0. The molecule has 0 aliphatic heterocycles. The van der Waals surface area contributed by atoms with Crippen LogP contribution in [0.4, 0.5) is 5.69 Å². The van der Waals surface area contributed by atoms with E-state index in [0.29, 0.717) is 23.3 Å². The molecule has 1 aliphatic carbocycles. The molecule has 0 atom stereocenters. The van der Waals surface area contributed by atoms with Crippen molar-refractivity contribution in [2.75, 3.05) is 5.32 Å². The van der Waals surface area contributed by atoms with E-state index >= 15 is 0 Å². The molecule has 152 valence electrons. The standard InChI is InChI=1S/C22H22ClN3O.C2H6/c23-17-5-7-18(8-6-17)26-22(27)13-15-1-3-16(4-2-15)19-9-12-25-21-10-11-24-14-20(19)21;1-2/h5-12,14-16H,1-4,13H2,(H,26,27);1-2H3. The summed E-state index contributed by atoms with van der Waals surface area (Å²) in [5.74, 6) is 1.05. The third kappa shape index (κ3) is 5.54. The SMILES string of the molecule is CC.O=C(CC1CCC(c2ccnc3ccncc23)CC1)Nc1ccc(Cl)cc1. The second-order valence-corrected chi connectivity index (χ2v) is 7.71. The van der Waals surface area contributed by atoms with Crippen molar-refractivity contribution < 1.29 is 4.79 Å². The Balaban J connectivity index is 0.00000117. The second kappa shape index (κ2) is 10.4. The molecule has 1 amide bonds. The molecule has 2 heterocycles. The number of hydrogen-bond donors (Lipinski definition) is 1. The largest absolute Gasteiger partial charge is 0.326 e. The number of benzene rings is 1. The number of anilines is 1. The van der Waals surface area contributed by atoms with Crippen LogP contribution in [0, 0.1) is 5.92 Å². The van der Waals surface area contributed by atoms with Crippen LogP contribution >= 0.6 is 11.6 Å². The molecular weight excluding hydrogens is 382 g/mol. The summed E-state index contributed by atoms with van der Waals surface area (Å²) in [5, 5.41) is 4.80. The number of nitrogens with one attached hydrogen (secondary N) is 1. The summed E-state index contributed by atoms with van der Waals surface area (Å²) >= 11 is 5.88. The number of amides is 1. The lowest BCUT2D eigenvalue weighted by Crippen LogP contribution is -2.20. The molecule has 1 aliphatic rings. The first-order valence-corrected chi connectivity index (χ1v) is 10.8. The molecule has 0 unspecified atom stereocenters. The Morgan fingerprint density at radius 2 is 1.76 bits per heavy atom. The predicted octanol–water partition coefficient (Wildman–Crippen LogP) is 6.61. The van der Waals surface area contributed by atoms with E-state index in [-0.39, 0.29) is 5.91 Å². The van der Waals surface area contributed by atoms with Crippen molar-refractivity contribution in [3.05, 3.63) is 65.6 Å². The van der Waals surface area contributed by atoms with Gasteiger partial charge in [-0.05, 0) is 79.5 Å². The van der Waals surface area contributed by atoms with Crippen LogP contribution in [0.25, 0.3) is 10.9 Å². The first-order valence-electron chi connectivity index (χ1n) is 10.4. The van der Waals surface area contributed by atoms with Gasteiger partial charge in [0.1, 0.15) is 0 Å². The van der Waals surface area contributed by atoms with Gasteiger partial charge in [-0.1, -0.05) is 25.4 Å². The van der Waals surface area contributed by atoms with Crippen LogP contribution < -0.4 is 5.32 Å². The summed E-state index contributed by atoms with van der Waals surface area (Å²) in [6.07, 6.45) is 10.5. The lowest BCUT2D eigenvalue weighted by molar-refractivity contribution is -0.117. The average Bonchev–Trinajstić information content (AvgIpc) is 2.77. The van der Waals surface area contributed by atoms with Gasteiger partial charge >= 0.3 is 0 Å². The van der Waals surface area contributed by atoms with Crippen LogP contribution in [0.15, 0.2) is 55.0 Å². The van der Waals surface area contributed by atoms with E-state index in [1.807, 2.05) is 44.4 Å². The summed E-state index contributed by atoms with van der Waals surface area (Å²) in [5.41, 5.74) is 3.15. The van der Waals surface area contributed by atoms with Gasteiger partial charge < -0.3 is 5.32 Å². The van der Waals surface area contributed by atoms with Crippen LogP contribution in [0.2, 0.25) is 5.02 Å². The number of pyridine rings is 2. The van der Waals surface area contributed by atoms with Gasteiger partial charge in [0.25, 0.3) is 0 Å². The molecule has 2 aromatic heterocycles. The number of aromatic nitrogens is 2. The van der Waals surface area contributed by atoms with Crippen molar-refractivity contribution in [2.24, 2.45) is 5.92 Å². The number of fused-ring (bicyclic) bond motifs is 1. The summed E-state index contributed by atoms with van der Waals surface area (Å²) in [6.45, 7) is 4.00. The van der Waals surface area contributed by atoms with E-state index in [9.17, 15) is 4.79 Å². The molecule has 1 N–H and O–H groups in total. The quantitative estimate of drug-likeness (QED) is 0.527. The monoisotopic (exact) mass is 409 g/mol. The molecule has 1 fully saturated rings. The highest BCUT2D eigenvalue weighted by molar-refractivity contribution is 6.30. The van der Waals surface area contributed by atoms with Crippen molar-refractivity contribution in [1.29, 1.82) is 0 Å². The highest BCUT2D eigenvalue weighted by Crippen LogP contribution is 2.39. The summed E-state index contributed by atoms with van der Waals surface area (Å²) < 4.78 is 0. The summed E-state index contributed by atoms with van der Waals surface area (Å²) in [7, 11) is 0. The lowest BCUT2D eigenvalue weighted by Gasteiger charge is -2.29. The Hall–Kier alpha value is -2.46. The van der Waals surface area contributed by atoms with Gasteiger partial charge in [-0.25, -0.2) is 0 Å². The van der Waals surface area contributed by atoms with E-state index in [0.717, 1.165) is 42.3 Å². The number of carbonyl (C=O) groups is 1. The number of carbonyl (C=O) groups excluding carboxylic acids is 1. The zero-order valence-corrected chi connectivity index (χ0v) is 17.8. The fourth-order valence-corrected chi connectivity index (χ4v) is 4.18. The van der Waals surface area contributed by atoms with E-state index in [1.54, 1.807) is 18.3 Å². The molecule has 0 spiro atoms. The Labute approximate surface area is 177 Å². The molecular formula is C24H28ClN3O. The third-order valence-electron chi connectivity index (χ3n) is 5.47. The van der Waals surface area contributed by atoms with Crippen LogP contribution in [0.5, 0.6) is 0 Å². The first-order chi connectivity index (χ1) is 14.2. The molecule has 5 heteroatoms. The number of halogens is 1. The van der Waals surface area contributed by atoms with Crippen molar-refractivity contribution in [1.82, 2.24) is 9.97 Å². The Kier molecular flexibility index (Phi) is 7.59. The van der Waals surface area contributed by atoms with Gasteiger partial charge in [0, 0.05) is 41.1 Å². The third-order valence-corrected chi connectivity index (χ3v) is 5.72. The van der Waals surface area contributed by atoms with E-state index in [1.165, 1.54) is 5.56 Å². The van der Waals surface area contributed by atoms with Crippen molar-refractivity contribution in [2.45, 2.75) is 51.9 Å². The minimum Gasteiger partial charge on any atom is -0.326 e. The Morgan fingerprint density at radius 1 is 1.03 bits per heavy atom. The van der Waals surface area contributed by atoms with E-state index in [4.69, 9.17) is 11.6 Å². The fourth-order valence-electron chi connectivity index (χ4n) is 4.05. The lowest BCUT2D eigenvalue weighted by atomic mass is 9.77. The van der Waals surface area contributed by atoms with Gasteiger partial charge in [0.05, 0.1) is 5.52 Å². The molecule has 4 nitrogen and oxygen atoms in total. The van der Waals surface area contributed by atoms with Crippen LogP contribution in [0.1, 0.15) is 57.4 Å². The fraction of sp³-hybridized carbons (Fsp3) is 0.375. The van der Waals surface area contributed by atoms with Crippen LogP contribution in [-0.2, 0) is 4.79 Å². The highest BCUT2D eigenvalue weighted by atomic mass is 35.5. The molecule has 3 aromatic rings. The smallest absolute Gasteiger partial charge is 0.224 e. The van der Waals surface area contributed by atoms with Crippen molar-refractivity contribution in [3.8, 4) is 0 Å². The molecule has 1 saturated carbocycles. The highest BCUT2D eigenvalue weighted by Gasteiger charge is 2.25. The van der Waals surface area contributed by atoms with Crippen molar-refractivity contribution >= 4 is 34.1 Å². The maximum absolute atomic E-state index is 12.3. The maximum atomic E-state index is 12.3. The Morgan fingerprint density at radius 3 is 2.48 bits per heavy atom. The molecule has 4 rings (SSSR count). The van der Waals surface area contributed by atoms with Gasteiger partial charge in [-0.15, -0.1) is 0 Å². The zero-order chi connectivity index (χ0) is 20.6. The van der Waals surface area contributed by atoms with Gasteiger partial charge in [-0.3, -0.25) is 14.8 Å².